The van der Waals surface area contributed by atoms with Crippen LogP contribution in [0.5, 0.6) is 0 Å². The monoisotopic (exact) mass is 248 g/mol. The van der Waals surface area contributed by atoms with Crippen molar-refractivity contribution in [1.29, 1.82) is 0 Å². The van der Waals surface area contributed by atoms with Crippen LogP contribution in [0.1, 0.15) is 15.9 Å². The van der Waals surface area contributed by atoms with Gasteiger partial charge in [0, 0.05) is 6.54 Å². The lowest BCUT2D eigenvalue weighted by molar-refractivity contribution is -0.118. The van der Waals surface area contributed by atoms with Crippen LogP contribution in [0, 0.1) is 0 Å². The quantitative estimate of drug-likeness (QED) is 0.625. The third-order valence-electron chi connectivity index (χ3n) is 2.62. The number of methoxy groups -OCH3 is 1. The molecule has 2 rings (SSSR count). The van der Waals surface area contributed by atoms with Gasteiger partial charge in [0.1, 0.15) is 6.54 Å². The fraction of sp³-hybridized carbons (Fsp3) is 0.250. The van der Waals surface area contributed by atoms with Gasteiger partial charge in [0.05, 0.1) is 12.7 Å². The van der Waals surface area contributed by atoms with Crippen molar-refractivity contribution in [1.82, 2.24) is 10.2 Å². The Labute approximate surface area is 104 Å². The van der Waals surface area contributed by atoms with Crippen molar-refractivity contribution in [3.63, 3.8) is 0 Å². The minimum Gasteiger partial charge on any atom is -0.465 e. The first-order chi connectivity index (χ1) is 8.60. The topological polar surface area (TPSA) is 75.7 Å². The molecule has 3 amide bonds. The molecular weight excluding hydrogens is 236 g/mol. The molecule has 1 aliphatic rings. The third kappa shape index (κ3) is 2.48. The first kappa shape index (κ1) is 12.1. The van der Waals surface area contributed by atoms with Gasteiger partial charge in [-0.1, -0.05) is 12.1 Å². The van der Waals surface area contributed by atoms with Crippen LogP contribution in [0.15, 0.2) is 24.3 Å². The summed E-state index contributed by atoms with van der Waals surface area (Å²) in [6.45, 7) is 0.399. The van der Waals surface area contributed by atoms with Gasteiger partial charge in [0.25, 0.3) is 0 Å². The molecule has 1 fully saturated rings. The normalized spacial score (nSPS) is 14.6. The number of urea groups is 1. The Morgan fingerprint density at radius 3 is 2.50 bits per heavy atom. The Balaban J connectivity index is 2.04. The highest BCUT2D eigenvalue weighted by molar-refractivity contribution is 6.01. The van der Waals surface area contributed by atoms with Crippen LogP contribution >= 0.6 is 0 Å². The molecule has 0 spiro atoms. The number of amides is 3. The first-order valence-corrected chi connectivity index (χ1v) is 5.36. The zero-order valence-electron chi connectivity index (χ0n) is 9.80. The Bertz CT molecular complexity index is 495. The molecule has 94 valence electrons. The molecule has 0 radical (unpaired) electrons. The molecule has 0 unspecified atom stereocenters. The van der Waals surface area contributed by atoms with E-state index < -0.39 is 12.0 Å². The van der Waals surface area contributed by atoms with Crippen LogP contribution in [-0.2, 0) is 16.1 Å². The highest BCUT2D eigenvalue weighted by atomic mass is 16.5. The van der Waals surface area contributed by atoms with Crippen molar-refractivity contribution in [2.75, 3.05) is 13.7 Å². The smallest absolute Gasteiger partial charge is 0.337 e. The van der Waals surface area contributed by atoms with E-state index in [-0.39, 0.29) is 12.5 Å². The van der Waals surface area contributed by atoms with Crippen LogP contribution < -0.4 is 5.32 Å². The Kier molecular flexibility index (Phi) is 3.27. The number of rotatable bonds is 3. The number of carbonyl (C=O) groups is 3. The average Bonchev–Trinajstić information content (AvgIpc) is 2.68. The molecule has 1 N–H and O–H groups in total. The van der Waals surface area contributed by atoms with E-state index >= 15 is 0 Å². The van der Waals surface area contributed by atoms with E-state index in [9.17, 15) is 14.4 Å². The summed E-state index contributed by atoms with van der Waals surface area (Å²) in [4.78, 5) is 35.0. The van der Waals surface area contributed by atoms with Gasteiger partial charge >= 0.3 is 12.0 Å². The molecule has 0 aliphatic carbocycles. The Morgan fingerprint density at radius 2 is 2.00 bits per heavy atom. The number of imide groups is 1. The van der Waals surface area contributed by atoms with Gasteiger partial charge in [-0.3, -0.25) is 10.1 Å². The Morgan fingerprint density at radius 1 is 1.33 bits per heavy atom. The summed E-state index contributed by atoms with van der Waals surface area (Å²) in [6.07, 6.45) is 0. The second-order valence-electron chi connectivity index (χ2n) is 3.90. The van der Waals surface area contributed by atoms with Crippen LogP contribution in [-0.4, -0.2) is 36.5 Å². The van der Waals surface area contributed by atoms with E-state index in [1.807, 2.05) is 0 Å². The van der Waals surface area contributed by atoms with Crippen molar-refractivity contribution in [2.45, 2.75) is 6.54 Å². The minimum atomic E-state index is -0.407. The van der Waals surface area contributed by atoms with Crippen LogP contribution in [0.4, 0.5) is 4.79 Å². The van der Waals surface area contributed by atoms with Crippen molar-refractivity contribution < 1.29 is 19.1 Å². The van der Waals surface area contributed by atoms with Crippen molar-refractivity contribution >= 4 is 17.9 Å². The van der Waals surface area contributed by atoms with E-state index in [0.29, 0.717) is 12.1 Å². The number of nitrogens with zero attached hydrogens (tertiary/aromatic N) is 1. The molecule has 6 nitrogen and oxygen atoms in total. The largest absolute Gasteiger partial charge is 0.465 e. The second-order valence-corrected chi connectivity index (χ2v) is 3.90. The average molecular weight is 248 g/mol. The number of benzene rings is 1. The highest BCUT2D eigenvalue weighted by Gasteiger charge is 2.26. The molecule has 0 atom stereocenters. The fourth-order valence-electron chi connectivity index (χ4n) is 1.70. The third-order valence-corrected chi connectivity index (χ3v) is 2.62. The Hall–Kier alpha value is -2.37. The summed E-state index contributed by atoms with van der Waals surface area (Å²) >= 11 is 0. The number of hydrogen-bond acceptors (Lipinski definition) is 4. The maximum absolute atomic E-state index is 11.3. The van der Waals surface area contributed by atoms with Crippen LogP contribution in [0.2, 0.25) is 0 Å². The van der Waals surface area contributed by atoms with E-state index in [2.05, 4.69) is 10.1 Å². The predicted octanol–water partition coefficient (Wildman–Crippen LogP) is 0.525. The maximum atomic E-state index is 11.3. The molecule has 1 aromatic rings. The zero-order valence-corrected chi connectivity index (χ0v) is 9.80. The van der Waals surface area contributed by atoms with Gasteiger partial charge < -0.3 is 9.64 Å². The molecule has 1 heterocycles. The summed E-state index contributed by atoms with van der Waals surface area (Å²) < 4.78 is 4.58. The molecule has 1 aliphatic heterocycles. The summed E-state index contributed by atoms with van der Waals surface area (Å²) in [5.74, 6) is -0.707. The molecule has 0 bridgehead atoms. The summed E-state index contributed by atoms with van der Waals surface area (Å²) in [7, 11) is 1.32. The predicted molar refractivity (Wildman–Crippen MR) is 61.7 cm³/mol. The SMILES string of the molecule is COC(=O)c1ccc(CN2CC(=O)NC2=O)cc1. The number of esters is 1. The van der Waals surface area contributed by atoms with E-state index in [4.69, 9.17) is 0 Å². The molecule has 6 heteroatoms. The van der Waals surface area contributed by atoms with E-state index in [1.54, 1.807) is 24.3 Å². The lowest BCUT2D eigenvalue weighted by Crippen LogP contribution is -2.27. The molecule has 1 aromatic carbocycles. The lowest BCUT2D eigenvalue weighted by Gasteiger charge is -2.13. The van der Waals surface area contributed by atoms with Crippen LogP contribution in [0.3, 0.4) is 0 Å². The summed E-state index contributed by atoms with van der Waals surface area (Å²) in [5, 5.41) is 2.20. The van der Waals surface area contributed by atoms with Crippen molar-refractivity contribution in [2.24, 2.45) is 0 Å². The first-order valence-electron chi connectivity index (χ1n) is 5.36. The molecule has 1 saturated heterocycles. The zero-order chi connectivity index (χ0) is 13.1. The maximum Gasteiger partial charge on any atom is 0.337 e. The molecular formula is C12H12N2O4. The number of hydrogen-bond donors (Lipinski definition) is 1. The van der Waals surface area contributed by atoms with Gasteiger partial charge in [-0.2, -0.15) is 0 Å². The summed E-state index contributed by atoms with van der Waals surface area (Å²) in [5.41, 5.74) is 1.29. The van der Waals surface area contributed by atoms with Crippen molar-refractivity contribution in [3.8, 4) is 0 Å². The minimum absolute atomic E-state index is 0.0671. The van der Waals surface area contributed by atoms with Gasteiger partial charge in [-0.15, -0.1) is 0 Å². The van der Waals surface area contributed by atoms with E-state index in [1.165, 1.54) is 12.0 Å². The van der Waals surface area contributed by atoms with Gasteiger partial charge in [0.2, 0.25) is 5.91 Å². The number of carbonyl (C=O) groups excluding carboxylic acids is 3. The van der Waals surface area contributed by atoms with Gasteiger partial charge in [0.15, 0.2) is 0 Å². The van der Waals surface area contributed by atoms with Crippen LogP contribution in [0.25, 0.3) is 0 Å². The van der Waals surface area contributed by atoms with E-state index in [0.717, 1.165) is 5.56 Å². The molecule has 0 aromatic heterocycles. The molecule has 0 saturated carbocycles. The number of ether oxygens (including phenoxy) is 1. The lowest BCUT2D eigenvalue weighted by atomic mass is 10.1. The number of nitrogens with one attached hydrogen (secondary N) is 1. The van der Waals surface area contributed by atoms with Crippen molar-refractivity contribution in [3.05, 3.63) is 35.4 Å². The second kappa shape index (κ2) is 4.87. The highest BCUT2D eigenvalue weighted by Crippen LogP contribution is 2.10. The molecule has 18 heavy (non-hydrogen) atoms. The van der Waals surface area contributed by atoms with Gasteiger partial charge in [-0.05, 0) is 17.7 Å². The van der Waals surface area contributed by atoms with Gasteiger partial charge in [-0.25, -0.2) is 9.59 Å². The standard InChI is InChI=1S/C12H12N2O4/c1-18-11(16)9-4-2-8(3-5-9)6-14-7-10(15)13-12(14)17/h2-5H,6-7H2,1H3,(H,13,15,17). The fourth-order valence-corrected chi connectivity index (χ4v) is 1.70. The summed E-state index contributed by atoms with van der Waals surface area (Å²) in [6, 6.07) is 6.30.